The zero-order valence-electron chi connectivity index (χ0n) is 9.91. The van der Waals surface area contributed by atoms with Crippen molar-refractivity contribution in [2.45, 2.75) is 31.3 Å². The first-order valence-electron chi connectivity index (χ1n) is 5.75. The number of benzene rings is 1. The topological polar surface area (TPSA) is 29.3 Å². The van der Waals surface area contributed by atoms with Crippen LogP contribution in [0.5, 0.6) is 0 Å². The molecule has 88 valence electrons. The van der Waals surface area contributed by atoms with Crippen molar-refractivity contribution in [2.75, 3.05) is 13.6 Å². The number of hydrogen-bond donors (Lipinski definition) is 1. The summed E-state index contributed by atoms with van der Waals surface area (Å²) in [7, 11) is 2.00. The van der Waals surface area contributed by atoms with E-state index in [4.69, 9.17) is 5.73 Å². The van der Waals surface area contributed by atoms with Crippen LogP contribution in [-0.2, 0) is 0 Å². The maximum atomic E-state index is 13.6. The van der Waals surface area contributed by atoms with Crippen molar-refractivity contribution in [3.8, 4) is 0 Å². The van der Waals surface area contributed by atoms with Gasteiger partial charge in [-0.3, -0.25) is 4.90 Å². The Morgan fingerprint density at radius 1 is 1.44 bits per heavy atom. The molecule has 2 N–H and O–H groups in total. The monoisotopic (exact) mass is 222 g/mol. The van der Waals surface area contributed by atoms with Crippen LogP contribution < -0.4 is 5.73 Å². The zero-order valence-corrected chi connectivity index (χ0v) is 9.91. The molecule has 1 aliphatic rings. The van der Waals surface area contributed by atoms with Crippen molar-refractivity contribution in [1.29, 1.82) is 0 Å². The second-order valence-electron chi connectivity index (χ2n) is 4.97. The molecule has 1 atom stereocenters. The number of hydrogen-bond acceptors (Lipinski definition) is 2. The lowest BCUT2D eigenvalue weighted by atomic mass is 10.1. The molecule has 16 heavy (non-hydrogen) atoms. The fourth-order valence-corrected chi connectivity index (χ4v) is 2.00. The van der Waals surface area contributed by atoms with Crippen molar-refractivity contribution in [3.63, 3.8) is 0 Å². The number of nitrogens with zero attached hydrogens (tertiary/aromatic N) is 1. The fourth-order valence-electron chi connectivity index (χ4n) is 2.00. The lowest BCUT2D eigenvalue weighted by molar-refractivity contribution is 0.234. The van der Waals surface area contributed by atoms with E-state index in [1.165, 1.54) is 6.07 Å². The molecule has 0 saturated heterocycles. The van der Waals surface area contributed by atoms with Gasteiger partial charge in [-0.05, 0) is 32.9 Å². The van der Waals surface area contributed by atoms with E-state index in [0.717, 1.165) is 24.9 Å². The van der Waals surface area contributed by atoms with Crippen LogP contribution in [-0.4, -0.2) is 24.0 Å². The van der Waals surface area contributed by atoms with E-state index in [2.05, 4.69) is 4.90 Å². The summed E-state index contributed by atoms with van der Waals surface area (Å²) >= 11 is 0. The minimum absolute atomic E-state index is 0.0196. The van der Waals surface area contributed by atoms with Gasteiger partial charge in [0.15, 0.2) is 0 Å². The molecule has 2 rings (SSSR count). The smallest absolute Gasteiger partial charge is 0.127 e. The molecule has 1 aromatic rings. The summed E-state index contributed by atoms with van der Waals surface area (Å²) in [5.74, 6) is -0.135. The van der Waals surface area contributed by atoms with E-state index >= 15 is 0 Å². The van der Waals surface area contributed by atoms with Gasteiger partial charge in [0.25, 0.3) is 0 Å². The number of halogens is 1. The maximum absolute atomic E-state index is 13.6. The third-order valence-corrected chi connectivity index (χ3v) is 3.47. The molecule has 0 amide bonds. The number of nitrogens with two attached hydrogens (primary N) is 1. The lowest BCUT2D eigenvalue weighted by Crippen LogP contribution is -2.38. The van der Waals surface area contributed by atoms with E-state index in [1.54, 1.807) is 6.07 Å². The van der Waals surface area contributed by atoms with Crippen LogP contribution in [0.2, 0.25) is 0 Å². The van der Waals surface area contributed by atoms with E-state index in [9.17, 15) is 4.39 Å². The summed E-state index contributed by atoms with van der Waals surface area (Å²) in [6.07, 6.45) is 2.17. The maximum Gasteiger partial charge on any atom is 0.127 e. The molecule has 2 nitrogen and oxygen atoms in total. The molecule has 1 saturated carbocycles. The Morgan fingerprint density at radius 3 is 2.62 bits per heavy atom. The third kappa shape index (κ3) is 2.42. The minimum atomic E-state index is -0.135. The molecular weight excluding hydrogens is 203 g/mol. The highest BCUT2D eigenvalue weighted by Crippen LogP contribution is 2.34. The van der Waals surface area contributed by atoms with Gasteiger partial charge >= 0.3 is 0 Å². The minimum Gasteiger partial charge on any atom is -0.324 e. The summed E-state index contributed by atoms with van der Waals surface area (Å²) in [6.45, 7) is 2.85. The Kier molecular flexibility index (Phi) is 3.00. The van der Waals surface area contributed by atoms with Gasteiger partial charge in [-0.1, -0.05) is 18.2 Å². The first kappa shape index (κ1) is 11.6. The first-order chi connectivity index (χ1) is 7.52. The van der Waals surface area contributed by atoms with Crippen LogP contribution in [0.25, 0.3) is 0 Å². The van der Waals surface area contributed by atoms with Gasteiger partial charge in [0.2, 0.25) is 0 Å². The predicted molar refractivity (Wildman–Crippen MR) is 63.6 cm³/mol. The van der Waals surface area contributed by atoms with E-state index in [1.807, 2.05) is 26.1 Å². The average Bonchev–Trinajstić information content (AvgIpc) is 2.95. The Balaban J connectivity index is 2.06. The van der Waals surface area contributed by atoms with Gasteiger partial charge in [0, 0.05) is 23.7 Å². The molecule has 1 aromatic carbocycles. The van der Waals surface area contributed by atoms with Crippen molar-refractivity contribution in [3.05, 3.63) is 35.6 Å². The third-order valence-electron chi connectivity index (χ3n) is 3.47. The largest absolute Gasteiger partial charge is 0.324 e. The van der Waals surface area contributed by atoms with E-state index in [-0.39, 0.29) is 17.4 Å². The summed E-state index contributed by atoms with van der Waals surface area (Å²) in [4.78, 5) is 2.13. The number of rotatable bonds is 4. The molecule has 0 aliphatic heterocycles. The first-order valence-corrected chi connectivity index (χ1v) is 5.75. The normalized spacial score (nSPS) is 19.8. The molecule has 0 spiro atoms. The zero-order chi connectivity index (χ0) is 11.8. The average molecular weight is 222 g/mol. The summed E-state index contributed by atoms with van der Waals surface area (Å²) in [5.41, 5.74) is 6.79. The van der Waals surface area contributed by atoms with Crippen LogP contribution in [0.4, 0.5) is 4.39 Å². The second-order valence-corrected chi connectivity index (χ2v) is 4.97. The molecule has 0 bridgehead atoms. The molecule has 1 fully saturated rings. The van der Waals surface area contributed by atoms with Crippen LogP contribution in [0.15, 0.2) is 24.3 Å². The van der Waals surface area contributed by atoms with Crippen molar-refractivity contribution >= 4 is 0 Å². The highest BCUT2D eigenvalue weighted by molar-refractivity contribution is 5.21. The Hall–Kier alpha value is -0.930. The van der Waals surface area contributed by atoms with E-state index in [0.29, 0.717) is 0 Å². The van der Waals surface area contributed by atoms with Crippen LogP contribution in [0.3, 0.4) is 0 Å². The van der Waals surface area contributed by atoms with Crippen LogP contribution in [0, 0.1) is 5.82 Å². The lowest BCUT2D eigenvalue weighted by Gasteiger charge is -2.28. The molecular formula is C13H19FN2. The highest BCUT2D eigenvalue weighted by Gasteiger charge is 2.39. The summed E-state index contributed by atoms with van der Waals surface area (Å²) < 4.78 is 13.6. The van der Waals surface area contributed by atoms with Crippen molar-refractivity contribution < 1.29 is 4.39 Å². The molecule has 0 aromatic heterocycles. The number of likely N-dealkylation sites (N-methyl/N-ethyl adjacent to an activating group) is 1. The van der Waals surface area contributed by atoms with Gasteiger partial charge < -0.3 is 5.73 Å². The molecule has 1 aliphatic carbocycles. The summed E-state index contributed by atoms with van der Waals surface area (Å²) in [5, 5.41) is 0. The summed E-state index contributed by atoms with van der Waals surface area (Å²) in [6, 6.07) is 7.01. The molecule has 1 unspecified atom stereocenters. The van der Waals surface area contributed by atoms with Crippen LogP contribution >= 0.6 is 0 Å². The molecule has 0 radical (unpaired) electrons. The van der Waals surface area contributed by atoms with E-state index < -0.39 is 0 Å². The van der Waals surface area contributed by atoms with Gasteiger partial charge in [-0.25, -0.2) is 4.39 Å². The quantitative estimate of drug-likeness (QED) is 0.847. The van der Waals surface area contributed by atoms with Gasteiger partial charge in [0.05, 0.1) is 0 Å². The standard InChI is InChI=1S/C13H19FN2/c1-10(11-5-3-4-6-12(11)14)16(2)9-13(15)7-8-13/h3-6,10H,7-9,15H2,1-2H3. The molecule has 3 heteroatoms. The highest BCUT2D eigenvalue weighted by atomic mass is 19.1. The van der Waals surface area contributed by atoms with Crippen molar-refractivity contribution in [1.82, 2.24) is 4.90 Å². The van der Waals surface area contributed by atoms with Gasteiger partial charge in [-0.2, -0.15) is 0 Å². The SMILES string of the molecule is CC(c1ccccc1F)N(C)CC1(N)CC1. The Labute approximate surface area is 96.2 Å². The van der Waals surface area contributed by atoms with Crippen molar-refractivity contribution in [2.24, 2.45) is 5.73 Å². The molecule has 0 heterocycles. The van der Waals surface area contributed by atoms with Gasteiger partial charge in [0.1, 0.15) is 5.82 Å². The van der Waals surface area contributed by atoms with Crippen LogP contribution in [0.1, 0.15) is 31.4 Å². The van der Waals surface area contributed by atoms with Gasteiger partial charge in [-0.15, -0.1) is 0 Å². The second kappa shape index (κ2) is 4.15. The Bertz CT molecular complexity index is 374. The Morgan fingerprint density at radius 2 is 2.06 bits per heavy atom. The predicted octanol–water partition coefficient (Wildman–Crippen LogP) is 2.31. The fraction of sp³-hybridized carbons (Fsp3) is 0.538.